The summed E-state index contributed by atoms with van der Waals surface area (Å²) in [4.78, 5) is 0. The summed E-state index contributed by atoms with van der Waals surface area (Å²) in [5.41, 5.74) is 8.91. The second-order valence-corrected chi connectivity index (χ2v) is 9.74. The van der Waals surface area contributed by atoms with Crippen molar-refractivity contribution in [3.63, 3.8) is 0 Å². The molecule has 0 saturated heterocycles. The number of benzene rings is 4. The summed E-state index contributed by atoms with van der Waals surface area (Å²) in [5.74, 6) is 3.64. The van der Waals surface area contributed by atoms with Crippen molar-refractivity contribution < 1.29 is 46.5 Å². The first kappa shape index (κ1) is 31.7. The number of hydrogen-bond acceptors (Lipinski definition) is 0. The molecule has 1 heterocycles. The van der Waals surface area contributed by atoms with Gasteiger partial charge in [0.15, 0.2) is 0 Å². The van der Waals surface area contributed by atoms with Crippen LogP contribution in [0.4, 0.5) is 0 Å². The van der Waals surface area contributed by atoms with Crippen molar-refractivity contribution in [2.24, 2.45) is 0 Å². The van der Waals surface area contributed by atoms with Gasteiger partial charge in [-0.15, -0.1) is 62.0 Å². The Bertz CT molecular complexity index is 1490. The smallest absolute Gasteiger partial charge is 1.00 e. The van der Waals surface area contributed by atoms with E-state index in [2.05, 4.69) is 141 Å². The zero-order chi connectivity index (χ0) is 24.0. The van der Waals surface area contributed by atoms with E-state index >= 15 is 0 Å². The van der Waals surface area contributed by atoms with Gasteiger partial charge in [-0.05, 0) is 0 Å². The van der Waals surface area contributed by atoms with E-state index in [4.69, 9.17) is 0 Å². The van der Waals surface area contributed by atoms with Crippen LogP contribution in [0.2, 0.25) is 0 Å². The summed E-state index contributed by atoms with van der Waals surface area (Å²) < 4.78 is 0. The van der Waals surface area contributed by atoms with Crippen molar-refractivity contribution in [1.82, 2.24) is 0 Å². The number of halogens is 2. The summed E-state index contributed by atoms with van der Waals surface area (Å²) in [6.07, 6.45) is 5.54. The van der Waals surface area contributed by atoms with E-state index in [1.165, 1.54) is 54.7 Å². The number of hydrogen-bond donors (Lipinski definition) is 0. The summed E-state index contributed by atoms with van der Waals surface area (Å²) in [5, 5.41) is 3.89. The van der Waals surface area contributed by atoms with Gasteiger partial charge in [0.25, 0.3) is 0 Å². The van der Waals surface area contributed by atoms with Crippen LogP contribution in [-0.2, 0) is 21.7 Å². The molecule has 1 aliphatic rings. The van der Waals surface area contributed by atoms with Gasteiger partial charge in [0.05, 0.1) is 0 Å². The molecule has 1 aliphatic carbocycles. The third-order valence-electron chi connectivity index (χ3n) is 6.07. The third kappa shape index (κ3) is 7.30. The molecule has 0 aliphatic heterocycles. The molecule has 0 fully saturated rings. The van der Waals surface area contributed by atoms with Crippen LogP contribution >= 0.6 is 8.19 Å². The minimum Gasteiger partial charge on any atom is -1.00 e. The Morgan fingerprint density at radius 2 is 1.11 bits per heavy atom. The first-order valence-corrected chi connectivity index (χ1v) is 12.9. The Morgan fingerprint density at radius 1 is 0.605 bits per heavy atom. The van der Waals surface area contributed by atoms with Gasteiger partial charge in [0, 0.05) is 0 Å². The van der Waals surface area contributed by atoms with Crippen LogP contribution in [0.3, 0.4) is 0 Å². The number of rotatable bonds is 3. The molecule has 5 aromatic rings. The van der Waals surface area contributed by atoms with E-state index in [9.17, 15) is 0 Å². The van der Waals surface area contributed by atoms with E-state index in [-0.39, 0.29) is 46.5 Å². The van der Waals surface area contributed by atoms with Crippen molar-refractivity contribution in [3.05, 3.63) is 143 Å². The predicted octanol–water partition coefficient (Wildman–Crippen LogP) is 2.00. The van der Waals surface area contributed by atoms with E-state index in [1.54, 1.807) is 0 Å². The van der Waals surface area contributed by atoms with Gasteiger partial charge in [-0.25, -0.2) is 8.19 Å². The third-order valence-corrected chi connectivity index (χ3v) is 7.23. The Morgan fingerprint density at radius 3 is 1.66 bits per heavy atom. The SMILES string of the molecule is CC(C)=C1[C-]=c2ccccc2=C1.[Cl-].[Cl-].[Ti+4].[c-]1[pH]c(-c2ccccc2)c(-c2ccccc2)c1-c1ccccc1. The molecule has 0 N–H and O–H groups in total. The maximum atomic E-state index is 3.64. The van der Waals surface area contributed by atoms with Crippen LogP contribution in [0, 0.1) is 5.80 Å². The maximum absolute atomic E-state index is 3.64. The first-order valence-electron chi connectivity index (χ1n) is 11.9. The predicted molar refractivity (Wildman–Crippen MR) is 153 cm³/mol. The fourth-order valence-corrected chi connectivity index (χ4v) is 5.48. The average molecular weight is 585 g/mol. The van der Waals surface area contributed by atoms with Crippen LogP contribution in [0.25, 0.3) is 45.3 Å². The molecule has 0 bridgehead atoms. The molecule has 1 atom stereocenters. The summed E-state index contributed by atoms with van der Waals surface area (Å²) in [6, 6.07) is 40.3. The van der Waals surface area contributed by atoms with Crippen molar-refractivity contribution in [3.8, 4) is 33.1 Å². The Hall–Kier alpha value is -2.57. The summed E-state index contributed by atoms with van der Waals surface area (Å²) in [6.45, 7) is 4.23. The molecule has 4 heteroatoms. The van der Waals surface area contributed by atoms with Crippen molar-refractivity contribution in [2.75, 3.05) is 0 Å². The fourth-order valence-electron chi connectivity index (χ4n) is 4.25. The summed E-state index contributed by atoms with van der Waals surface area (Å²) in [7, 11) is 0.581. The largest absolute Gasteiger partial charge is 4.00 e. The normalized spacial score (nSPS) is 10.8. The topological polar surface area (TPSA) is 0 Å². The van der Waals surface area contributed by atoms with Crippen molar-refractivity contribution >= 4 is 20.3 Å². The van der Waals surface area contributed by atoms with Crippen LogP contribution < -0.4 is 35.3 Å². The molecule has 0 radical (unpaired) electrons. The maximum Gasteiger partial charge on any atom is 4.00 e. The molecule has 0 spiro atoms. The van der Waals surface area contributed by atoms with E-state index in [0.717, 1.165) is 0 Å². The molecule has 1 unspecified atom stereocenters. The molecule has 186 valence electrons. The van der Waals surface area contributed by atoms with E-state index in [1.807, 2.05) is 6.07 Å². The van der Waals surface area contributed by atoms with Crippen LogP contribution in [0.5, 0.6) is 0 Å². The number of allylic oxidation sites excluding steroid dienone is 2. The molecule has 0 saturated carbocycles. The molecule has 4 aromatic carbocycles. The summed E-state index contributed by atoms with van der Waals surface area (Å²) >= 11 is 0. The Balaban J connectivity index is 0.000000290. The molecule has 0 nitrogen and oxygen atoms in total. The van der Waals surface area contributed by atoms with Crippen molar-refractivity contribution in [2.45, 2.75) is 13.8 Å². The molecule has 1 aromatic heterocycles. The zero-order valence-electron chi connectivity index (χ0n) is 21.3. The van der Waals surface area contributed by atoms with Gasteiger partial charge < -0.3 is 24.8 Å². The minimum atomic E-state index is 0. The fraction of sp³-hybridized carbons (Fsp3) is 0.0588. The van der Waals surface area contributed by atoms with E-state index < -0.39 is 0 Å². The van der Waals surface area contributed by atoms with Gasteiger partial charge in [-0.2, -0.15) is 0 Å². The Kier molecular flexibility index (Phi) is 12.6. The average Bonchev–Trinajstić information content (AvgIpc) is 3.56. The van der Waals surface area contributed by atoms with Gasteiger partial charge >= 0.3 is 21.7 Å². The van der Waals surface area contributed by atoms with Crippen molar-refractivity contribution in [1.29, 1.82) is 0 Å². The van der Waals surface area contributed by atoms with Crippen LogP contribution in [-0.4, -0.2) is 0 Å². The molecular weight excluding hydrogens is 558 g/mol. The van der Waals surface area contributed by atoms with Gasteiger partial charge in [0.1, 0.15) is 0 Å². The molecular formula is C34H27Cl2PTi. The quantitative estimate of drug-likeness (QED) is 0.225. The standard InChI is InChI=1S/C22H16P.C12H11.2ClH.Ti/c1-4-10-17(11-5-1)20-16-23-22(19-14-8-3-9-15-19)21(20)18-12-6-2-7-13-18;1-9(2)12-7-10-5-3-4-6-11(10)8-12;;;/h1-15,23H;3-7H,1-2H3;2*1H;/q2*-1;;;+4/p-2. The number of fused-ring (bicyclic) bond motifs is 1. The van der Waals surface area contributed by atoms with E-state index in [0.29, 0.717) is 8.19 Å². The second kappa shape index (κ2) is 15.1. The van der Waals surface area contributed by atoms with Crippen LogP contribution in [0.1, 0.15) is 13.8 Å². The van der Waals surface area contributed by atoms with Crippen LogP contribution in [0.15, 0.2) is 126 Å². The minimum absolute atomic E-state index is 0. The molecule has 6 rings (SSSR count). The molecule has 38 heavy (non-hydrogen) atoms. The molecule has 0 amide bonds. The monoisotopic (exact) mass is 584 g/mol. The second-order valence-electron chi connectivity index (χ2n) is 8.74. The zero-order valence-corrected chi connectivity index (χ0v) is 25.4. The first-order chi connectivity index (χ1) is 17.2. The van der Waals surface area contributed by atoms with Gasteiger partial charge in [-0.1, -0.05) is 140 Å². The van der Waals surface area contributed by atoms with Gasteiger partial charge in [-0.3, -0.25) is 0 Å². The Labute approximate surface area is 255 Å². The van der Waals surface area contributed by atoms with Gasteiger partial charge in [0.2, 0.25) is 0 Å².